The summed E-state index contributed by atoms with van der Waals surface area (Å²) in [5.41, 5.74) is 7.91. The van der Waals surface area contributed by atoms with Gasteiger partial charge in [0.05, 0.1) is 15.7 Å². The van der Waals surface area contributed by atoms with Gasteiger partial charge in [0.25, 0.3) is 0 Å². The Balaban J connectivity index is 2.27. The molecule has 90 valence electrons. The first-order chi connectivity index (χ1) is 8.10. The molecule has 0 saturated carbocycles. The van der Waals surface area contributed by atoms with Crippen LogP contribution in [-0.2, 0) is 12.8 Å². The van der Waals surface area contributed by atoms with Gasteiger partial charge in [-0.3, -0.25) is 0 Å². The van der Waals surface area contributed by atoms with Gasteiger partial charge in [-0.05, 0) is 24.1 Å². The van der Waals surface area contributed by atoms with Crippen LogP contribution < -0.4 is 5.73 Å². The third-order valence-corrected chi connectivity index (χ3v) is 4.14. The van der Waals surface area contributed by atoms with Gasteiger partial charge in [0.2, 0.25) is 0 Å². The lowest BCUT2D eigenvalue weighted by Gasteiger charge is -2.02. The minimum Gasteiger partial charge on any atom is -0.375 e. The zero-order valence-corrected chi connectivity index (χ0v) is 11.7. The lowest BCUT2D eigenvalue weighted by Crippen LogP contribution is -1.91. The fourth-order valence-electron chi connectivity index (χ4n) is 1.65. The molecule has 0 amide bonds. The Labute approximate surface area is 114 Å². The first-order valence-corrected chi connectivity index (χ1v) is 6.85. The fourth-order valence-corrected chi connectivity index (χ4v) is 2.93. The van der Waals surface area contributed by atoms with Crippen molar-refractivity contribution in [3.8, 4) is 0 Å². The van der Waals surface area contributed by atoms with Gasteiger partial charge in [0, 0.05) is 11.3 Å². The third kappa shape index (κ3) is 2.92. The summed E-state index contributed by atoms with van der Waals surface area (Å²) in [6.45, 7) is 2.08. The highest BCUT2D eigenvalue weighted by Crippen LogP contribution is 2.27. The molecule has 0 aliphatic rings. The van der Waals surface area contributed by atoms with E-state index < -0.39 is 0 Å². The molecule has 17 heavy (non-hydrogen) atoms. The van der Waals surface area contributed by atoms with Crippen molar-refractivity contribution in [3.05, 3.63) is 44.4 Å². The number of thiazole rings is 1. The molecule has 0 aliphatic heterocycles. The molecule has 2 nitrogen and oxygen atoms in total. The maximum atomic E-state index is 5.99. The average molecular weight is 287 g/mol. The normalized spacial score (nSPS) is 10.8. The van der Waals surface area contributed by atoms with Crippen LogP contribution in [0.3, 0.4) is 0 Å². The van der Waals surface area contributed by atoms with Crippen molar-refractivity contribution in [3.63, 3.8) is 0 Å². The van der Waals surface area contributed by atoms with Crippen molar-refractivity contribution >= 4 is 39.7 Å². The average Bonchev–Trinajstić information content (AvgIpc) is 2.64. The van der Waals surface area contributed by atoms with Crippen molar-refractivity contribution < 1.29 is 0 Å². The van der Waals surface area contributed by atoms with Crippen LogP contribution in [0.2, 0.25) is 10.0 Å². The van der Waals surface area contributed by atoms with Gasteiger partial charge in [0.1, 0.15) is 0 Å². The molecule has 0 spiro atoms. The Hall–Kier alpha value is -0.770. The molecule has 0 atom stereocenters. The molecular formula is C12H12Cl2N2S. The van der Waals surface area contributed by atoms with Gasteiger partial charge in [-0.2, -0.15) is 0 Å². The van der Waals surface area contributed by atoms with E-state index in [-0.39, 0.29) is 0 Å². The Morgan fingerprint density at radius 1 is 1.29 bits per heavy atom. The van der Waals surface area contributed by atoms with Gasteiger partial charge in [-0.1, -0.05) is 36.2 Å². The maximum Gasteiger partial charge on any atom is 0.180 e. The number of benzene rings is 1. The third-order valence-electron chi connectivity index (χ3n) is 2.48. The topological polar surface area (TPSA) is 38.9 Å². The molecule has 2 rings (SSSR count). The van der Waals surface area contributed by atoms with Crippen molar-refractivity contribution in [2.45, 2.75) is 19.8 Å². The molecule has 0 fully saturated rings. The van der Waals surface area contributed by atoms with E-state index in [0.29, 0.717) is 15.2 Å². The summed E-state index contributed by atoms with van der Waals surface area (Å²) in [6, 6.07) is 5.68. The second-order valence-corrected chi connectivity index (χ2v) is 5.63. The molecule has 0 unspecified atom stereocenters. The van der Waals surface area contributed by atoms with Crippen LogP contribution in [0.25, 0.3) is 0 Å². The first kappa shape index (κ1) is 12.7. The quantitative estimate of drug-likeness (QED) is 0.919. The molecule has 1 aromatic heterocycles. The van der Waals surface area contributed by atoms with E-state index in [1.807, 2.05) is 18.2 Å². The van der Waals surface area contributed by atoms with Crippen molar-refractivity contribution in [1.82, 2.24) is 4.98 Å². The molecule has 0 bridgehead atoms. The molecule has 1 heterocycles. The summed E-state index contributed by atoms with van der Waals surface area (Å²) in [6.07, 6.45) is 1.69. The summed E-state index contributed by atoms with van der Waals surface area (Å²) < 4.78 is 0. The van der Waals surface area contributed by atoms with E-state index >= 15 is 0 Å². The highest BCUT2D eigenvalue weighted by molar-refractivity contribution is 7.15. The molecule has 5 heteroatoms. The predicted molar refractivity (Wildman–Crippen MR) is 75.2 cm³/mol. The Morgan fingerprint density at radius 2 is 2.06 bits per heavy atom. The van der Waals surface area contributed by atoms with Gasteiger partial charge < -0.3 is 5.73 Å². The summed E-state index contributed by atoms with van der Waals surface area (Å²) in [4.78, 5) is 5.50. The van der Waals surface area contributed by atoms with E-state index in [1.54, 1.807) is 0 Å². The number of nitrogen functional groups attached to an aromatic ring is 1. The largest absolute Gasteiger partial charge is 0.375 e. The van der Waals surface area contributed by atoms with E-state index in [4.69, 9.17) is 28.9 Å². The lowest BCUT2D eigenvalue weighted by atomic mass is 10.1. The summed E-state index contributed by atoms with van der Waals surface area (Å²) >= 11 is 13.4. The SMILES string of the molecule is CCc1nc(N)sc1Cc1ccc(Cl)c(Cl)c1. The number of hydrogen-bond donors (Lipinski definition) is 1. The van der Waals surface area contributed by atoms with E-state index in [0.717, 1.165) is 24.1 Å². The van der Waals surface area contributed by atoms with Gasteiger partial charge in [-0.25, -0.2) is 4.98 Å². The zero-order valence-electron chi connectivity index (χ0n) is 9.34. The van der Waals surface area contributed by atoms with Crippen LogP contribution in [0.1, 0.15) is 23.1 Å². The molecule has 1 aromatic carbocycles. The number of anilines is 1. The Morgan fingerprint density at radius 3 is 2.71 bits per heavy atom. The molecular weight excluding hydrogens is 275 g/mol. The maximum absolute atomic E-state index is 5.99. The monoisotopic (exact) mass is 286 g/mol. The van der Waals surface area contributed by atoms with Crippen LogP contribution in [0.4, 0.5) is 5.13 Å². The number of aromatic nitrogens is 1. The van der Waals surface area contributed by atoms with Crippen molar-refractivity contribution in [2.75, 3.05) is 5.73 Å². The number of hydrogen-bond acceptors (Lipinski definition) is 3. The van der Waals surface area contributed by atoms with Crippen LogP contribution >= 0.6 is 34.5 Å². The standard InChI is InChI=1S/C12H12Cl2N2S/c1-2-10-11(17-12(15)16-10)6-7-3-4-8(13)9(14)5-7/h3-5H,2,6H2,1H3,(H2,15,16). The summed E-state index contributed by atoms with van der Waals surface area (Å²) in [7, 11) is 0. The molecule has 0 saturated heterocycles. The number of aryl methyl sites for hydroxylation is 1. The van der Waals surface area contributed by atoms with Crippen LogP contribution in [0, 0.1) is 0 Å². The predicted octanol–water partition coefficient (Wildman–Crippen LogP) is 4.19. The fraction of sp³-hybridized carbons (Fsp3) is 0.250. The van der Waals surface area contributed by atoms with Gasteiger partial charge in [-0.15, -0.1) is 11.3 Å². The number of nitrogens with two attached hydrogens (primary N) is 1. The van der Waals surface area contributed by atoms with Gasteiger partial charge in [0.15, 0.2) is 5.13 Å². The summed E-state index contributed by atoms with van der Waals surface area (Å²) in [5.74, 6) is 0. The lowest BCUT2D eigenvalue weighted by molar-refractivity contribution is 1.02. The molecule has 2 N–H and O–H groups in total. The second-order valence-electron chi connectivity index (χ2n) is 3.70. The van der Waals surface area contributed by atoms with Gasteiger partial charge >= 0.3 is 0 Å². The Kier molecular flexibility index (Phi) is 3.92. The number of nitrogens with zero attached hydrogens (tertiary/aromatic N) is 1. The number of rotatable bonds is 3. The van der Waals surface area contributed by atoms with E-state index in [9.17, 15) is 0 Å². The zero-order chi connectivity index (χ0) is 12.4. The summed E-state index contributed by atoms with van der Waals surface area (Å²) in [5, 5.41) is 1.78. The molecule has 0 aliphatic carbocycles. The number of halogens is 2. The van der Waals surface area contributed by atoms with Crippen LogP contribution in [0.5, 0.6) is 0 Å². The highest BCUT2D eigenvalue weighted by Gasteiger charge is 2.09. The Bertz CT molecular complexity index is 537. The van der Waals surface area contributed by atoms with Crippen LogP contribution in [0.15, 0.2) is 18.2 Å². The molecule has 2 aromatic rings. The van der Waals surface area contributed by atoms with Crippen molar-refractivity contribution in [1.29, 1.82) is 0 Å². The molecule has 0 radical (unpaired) electrons. The first-order valence-electron chi connectivity index (χ1n) is 5.28. The smallest absolute Gasteiger partial charge is 0.180 e. The van der Waals surface area contributed by atoms with E-state index in [1.165, 1.54) is 16.2 Å². The highest BCUT2D eigenvalue weighted by atomic mass is 35.5. The van der Waals surface area contributed by atoms with Crippen molar-refractivity contribution in [2.24, 2.45) is 0 Å². The van der Waals surface area contributed by atoms with Crippen LogP contribution in [-0.4, -0.2) is 4.98 Å². The minimum absolute atomic E-state index is 0.579. The second kappa shape index (κ2) is 5.25. The van der Waals surface area contributed by atoms with E-state index in [2.05, 4.69) is 11.9 Å². The minimum atomic E-state index is 0.579.